The molecule has 0 bridgehead atoms. The molecule has 3 nitrogen and oxygen atoms in total. The highest BCUT2D eigenvalue weighted by Gasteiger charge is 2.19. The molecule has 2 unspecified atom stereocenters. The zero-order chi connectivity index (χ0) is 9.10. The molecule has 1 aliphatic rings. The van der Waals surface area contributed by atoms with Crippen LogP contribution in [0.1, 0.15) is 24.4 Å². The van der Waals surface area contributed by atoms with Gasteiger partial charge in [0, 0.05) is 30.8 Å². The SMILES string of the molecule is NC(CC1CCOC1)c1cnsc1. The second kappa shape index (κ2) is 4.17. The second-order valence-corrected chi connectivity index (χ2v) is 4.19. The Morgan fingerprint density at radius 3 is 3.31 bits per heavy atom. The van der Waals surface area contributed by atoms with Crippen LogP contribution in [0.25, 0.3) is 0 Å². The van der Waals surface area contributed by atoms with Gasteiger partial charge in [0.2, 0.25) is 0 Å². The molecule has 0 aliphatic carbocycles. The van der Waals surface area contributed by atoms with Crippen LogP contribution in [0.4, 0.5) is 0 Å². The molecule has 0 aromatic carbocycles. The number of nitrogens with two attached hydrogens (primary N) is 1. The first-order valence-electron chi connectivity index (χ1n) is 4.59. The lowest BCUT2D eigenvalue weighted by atomic mass is 9.97. The van der Waals surface area contributed by atoms with Crippen LogP contribution >= 0.6 is 11.5 Å². The van der Waals surface area contributed by atoms with Gasteiger partial charge < -0.3 is 10.5 Å². The number of nitrogens with zero attached hydrogens (tertiary/aromatic N) is 1. The molecule has 2 rings (SSSR count). The Balaban J connectivity index is 1.87. The van der Waals surface area contributed by atoms with E-state index in [9.17, 15) is 0 Å². The molecule has 2 N–H and O–H groups in total. The van der Waals surface area contributed by atoms with Gasteiger partial charge in [-0.1, -0.05) is 0 Å². The maximum absolute atomic E-state index is 6.03. The summed E-state index contributed by atoms with van der Waals surface area (Å²) in [5.74, 6) is 0.648. The number of hydrogen-bond acceptors (Lipinski definition) is 4. The molecule has 13 heavy (non-hydrogen) atoms. The van der Waals surface area contributed by atoms with Crippen LogP contribution in [0, 0.1) is 5.92 Å². The van der Waals surface area contributed by atoms with Crippen molar-refractivity contribution in [2.75, 3.05) is 13.2 Å². The summed E-state index contributed by atoms with van der Waals surface area (Å²) in [6.45, 7) is 1.78. The fourth-order valence-corrected chi connectivity index (χ4v) is 2.26. The van der Waals surface area contributed by atoms with E-state index < -0.39 is 0 Å². The first-order chi connectivity index (χ1) is 6.36. The van der Waals surface area contributed by atoms with Crippen molar-refractivity contribution in [3.8, 4) is 0 Å². The summed E-state index contributed by atoms with van der Waals surface area (Å²) < 4.78 is 9.35. The van der Waals surface area contributed by atoms with Crippen LogP contribution < -0.4 is 5.73 Å². The molecule has 2 atom stereocenters. The molecule has 0 amide bonds. The lowest BCUT2D eigenvalue weighted by molar-refractivity contribution is 0.182. The predicted molar refractivity (Wildman–Crippen MR) is 52.6 cm³/mol. The Kier molecular flexibility index (Phi) is 2.93. The van der Waals surface area contributed by atoms with Crippen LogP contribution in [-0.4, -0.2) is 17.6 Å². The Morgan fingerprint density at radius 1 is 1.77 bits per heavy atom. The van der Waals surface area contributed by atoms with Gasteiger partial charge in [0.25, 0.3) is 0 Å². The van der Waals surface area contributed by atoms with E-state index in [1.54, 1.807) is 0 Å². The van der Waals surface area contributed by atoms with Gasteiger partial charge in [0.1, 0.15) is 0 Å². The van der Waals surface area contributed by atoms with E-state index in [0.717, 1.165) is 31.6 Å². The minimum atomic E-state index is 0.144. The van der Waals surface area contributed by atoms with Crippen molar-refractivity contribution in [2.45, 2.75) is 18.9 Å². The molecule has 2 heterocycles. The highest BCUT2D eigenvalue weighted by molar-refractivity contribution is 7.03. The van der Waals surface area contributed by atoms with Crippen LogP contribution in [0.15, 0.2) is 11.6 Å². The molecule has 0 saturated carbocycles. The molecule has 4 heteroatoms. The van der Waals surface area contributed by atoms with E-state index >= 15 is 0 Å². The first-order valence-corrected chi connectivity index (χ1v) is 5.42. The quantitative estimate of drug-likeness (QED) is 0.802. The average Bonchev–Trinajstić information content (AvgIpc) is 2.74. The fourth-order valence-electron chi connectivity index (χ4n) is 1.66. The predicted octanol–water partition coefficient (Wildman–Crippen LogP) is 1.57. The molecule has 72 valence electrons. The molecule has 1 aromatic heterocycles. The van der Waals surface area contributed by atoms with E-state index in [0.29, 0.717) is 5.92 Å². The minimum Gasteiger partial charge on any atom is -0.381 e. The Bertz CT molecular complexity index is 244. The molecule has 0 radical (unpaired) electrons. The molecule has 1 saturated heterocycles. The van der Waals surface area contributed by atoms with Crippen LogP contribution in [0.3, 0.4) is 0 Å². The first kappa shape index (κ1) is 9.12. The summed E-state index contributed by atoms with van der Waals surface area (Å²) in [5, 5.41) is 2.03. The molecular weight excluding hydrogens is 184 g/mol. The summed E-state index contributed by atoms with van der Waals surface area (Å²) >= 11 is 1.46. The van der Waals surface area contributed by atoms with Crippen LogP contribution in [0.2, 0.25) is 0 Å². The summed E-state index contributed by atoms with van der Waals surface area (Å²) in [4.78, 5) is 0. The van der Waals surface area contributed by atoms with Crippen molar-refractivity contribution >= 4 is 11.5 Å². The Labute approximate surface area is 82.1 Å². The topological polar surface area (TPSA) is 48.1 Å². The maximum atomic E-state index is 6.03. The van der Waals surface area contributed by atoms with Crippen LogP contribution in [-0.2, 0) is 4.74 Å². The third-order valence-electron chi connectivity index (χ3n) is 2.49. The zero-order valence-electron chi connectivity index (χ0n) is 7.48. The average molecular weight is 198 g/mol. The number of aromatic nitrogens is 1. The fraction of sp³-hybridized carbons (Fsp3) is 0.667. The van der Waals surface area contributed by atoms with Gasteiger partial charge in [-0.05, 0) is 35.9 Å². The highest BCUT2D eigenvalue weighted by atomic mass is 32.1. The Hall–Kier alpha value is -0.450. The molecular formula is C9H14N2OS. The van der Waals surface area contributed by atoms with Crippen molar-refractivity contribution in [1.29, 1.82) is 0 Å². The minimum absolute atomic E-state index is 0.144. The standard InChI is InChI=1S/C9H14N2OS/c10-9(8-4-11-13-6-8)3-7-1-2-12-5-7/h4,6-7,9H,1-3,5,10H2. The summed E-state index contributed by atoms with van der Waals surface area (Å²) in [7, 11) is 0. The van der Waals surface area contributed by atoms with Gasteiger partial charge >= 0.3 is 0 Å². The third-order valence-corrected chi connectivity index (χ3v) is 3.10. The zero-order valence-corrected chi connectivity index (χ0v) is 8.30. The summed E-state index contributed by atoms with van der Waals surface area (Å²) in [6.07, 6.45) is 4.05. The van der Waals surface area contributed by atoms with Crippen molar-refractivity contribution in [2.24, 2.45) is 11.7 Å². The van der Waals surface area contributed by atoms with Crippen molar-refractivity contribution in [1.82, 2.24) is 4.37 Å². The van der Waals surface area contributed by atoms with Crippen molar-refractivity contribution in [3.05, 3.63) is 17.1 Å². The monoisotopic (exact) mass is 198 g/mol. The van der Waals surface area contributed by atoms with Crippen molar-refractivity contribution < 1.29 is 4.74 Å². The van der Waals surface area contributed by atoms with E-state index in [4.69, 9.17) is 10.5 Å². The lowest BCUT2D eigenvalue weighted by Gasteiger charge is -2.13. The normalized spacial score (nSPS) is 24.8. The summed E-state index contributed by atoms with van der Waals surface area (Å²) in [5.41, 5.74) is 7.19. The smallest absolute Gasteiger partial charge is 0.0495 e. The number of rotatable bonds is 3. The van der Waals surface area contributed by atoms with Crippen LogP contribution in [0.5, 0.6) is 0 Å². The number of ether oxygens (including phenoxy) is 1. The largest absolute Gasteiger partial charge is 0.381 e. The molecule has 1 fully saturated rings. The van der Waals surface area contributed by atoms with Gasteiger partial charge in [-0.3, -0.25) is 0 Å². The van der Waals surface area contributed by atoms with Gasteiger partial charge in [-0.2, -0.15) is 0 Å². The maximum Gasteiger partial charge on any atom is 0.0495 e. The highest BCUT2D eigenvalue weighted by Crippen LogP contribution is 2.24. The van der Waals surface area contributed by atoms with E-state index in [1.807, 2.05) is 11.6 Å². The molecule has 1 aliphatic heterocycles. The van der Waals surface area contributed by atoms with Gasteiger partial charge in [0.15, 0.2) is 0 Å². The summed E-state index contributed by atoms with van der Waals surface area (Å²) in [6, 6.07) is 0.144. The Morgan fingerprint density at radius 2 is 2.69 bits per heavy atom. The van der Waals surface area contributed by atoms with Gasteiger partial charge in [-0.25, -0.2) is 4.37 Å². The van der Waals surface area contributed by atoms with Gasteiger partial charge in [0.05, 0.1) is 0 Å². The molecule has 0 spiro atoms. The van der Waals surface area contributed by atoms with Crippen molar-refractivity contribution in [3.63, 3.8) is 0 Å². The van der Waals surface area contributed by atoms with Gasteiger partial charge in [-0.15, -0.1) is 0 Å². The van der Waals surface area contributed by atoms with E-state index in [2.05, 4.69) is 4.37 Å². The second-order valence-electron chi connectivity index (χ2n) is 3.53. The lowest BCUT2D eigenvalue weighted by Crippen LogP contribution is -2.14. The number of hydrogen-bond donors (Lipinski definition) is 1. The van der Waals surface area contributed by atoms with E-state index in [-0.39, 0.29) is 6.04 Å². The molecule has 1 aromatic rings. The van der Waals surface area contributed by atoms with E-state index in [1.165, 1.54) is 11.5 Å². The third kappa shape index (κ3) is 2.27.